The second kappa shape index (κ2) is 9.22. The molecule has 0 spiro atoms. The van der Waals surface area contributed by atoms with Gasteiger partial charge in [-0.15, -0.1) is 0 Å². The number of nitrogens with zero attached hydrogens (tertiary/aromatic N) is 4. The van der Waals surface area contributed by atoms with Crippen molar-refractivity contribution in [1.82, 2.24) is 19.9 Å². The molecule has 6 nitrogen and oxygen atoms in total. The smallest absolute Gasteiger partial charge is 0.246 e. The average Bonchev–Trinajstić information content (AvgIpc) is 3.23. The Bertz CT molecular complexity index is 960. The molecule has 1 aromatic heterocycles. The molecule has 30 heavy (non-hydrogen) atoms. The van der Waals surface area contributed by atoms with Crippen molar-refractivity contribution in [2.75, 3.05) is 20.1 Å². The fourth-order valence-corrected chi connectivity index (χ4v) is 3.91. The van der Waals surface area contributed by atoms with Gasteiger partial charge >= 0.3 is 0 Å². The summed E-state index contributed by atoms with van der Waals surface area (Å²) < 4.78 is 5.38. The van der Waals surface area contributed by atoms with Crippen LogP contribution in [0.15, 0.2) is 59.1 Å². The van der Waals surface area contributed by atoms with Gasteiger partial charge in [0.15, 0.2) is 0 Å². The van der Waals surface area contributed by atoms with Crippen LogP contribution in [0.4, 0.5) is 0 Å². The number of aryl methyl sites for hydroxylation is 1. The van der Waals surface area contributed by atoms with Gasteiger partial charge in [0.1, 0.15) is 0 Å². The van der Waals surface area contributed by atoms with Crippen LogP contribution in [-0.4, -0.2) is 46.0 Å². The normalized spacial score (nSPS) is 15.3. The maximum Gasteiger partial charge on any atom is 0.246 e. The van der Waals surface area contributed by atoms with Gasteiger partial charge in [-0.1, -0.05) is 65.3 Å². The fourth-order valence-electron chi connectivity index (χ4n) is 3.91. The first-order valence-corrected chi connectivity index (χ1v) is 10.5. The van der Waals surface area contributed by atoms with Gasteiger partial charge < -0.3 is 9.42 Å². The summed E-state index contributed by atoms with van der Waals surface area (Å²) in [7, 11) is 1.81. The number of hydrogen-bond acceptors (Lipinski definition) is 5. The largest absolute Gasteiger partial charge is 0.337 e. The Morgan fingerprint density at radius 3 is 2.50 bits per heavy atom. The van der Waals surface area contributed by atoms with Crippen LogP contribution in [0.1, 0.15) is 29.9 Å². The number of benzene rings is 2. The first kappa shape index (κ1) is 20.3. The number of aromatic nitrogens is 2. The zero-order valence-corrected chi connectivity index (χ0v) is 17.6. The minimum absolute atomic E-state index is 0.0570. The maximum atomic E-state index is 12.9. The minimum atomic E-state index is 0.0570. The van der Waals surface area contributed by atoms with Crippen molar-refractivity contribution in [3.8, 4) is 11.4 Å². The summed E-state index contributed by atoms with van der Waals surface area (Å²) >= 11 is 0. The lowest BCUT2D eigenvalue weighted by Gasteiger charge is -2.32. The van der Waals surface area contributed by atoms with Gasteiger partial charge in [0.2, 0.25) is 17.6 Å². The molecule has 0 bridgehead atoms. The van der Waals surface area contributed by atoms with Crippen LogP contribution in [0, 0.1) is 12.8 Å². The molecule has 0 radical (unpaired) electrons. The van der Waals surface area contributed by atoms with E-state index in [9.17, 15) is 4.79 Å². The van der Waals surface area contributed by atoms with Crippen molar-refractivity contribution in [3.63, 3.8) is 0 Å². The van der Waals surface area contributed by atoms with Crippen molar-refractivity contribution < 1.29 is 9.32 Å². The predicted octanol–water partition coefficient (Wildman–Crippen LogP) is 3.92. The van der Waals surface area contributed by atoms with Crippen molar-refractivity contribution in [2.45, 2.75) is 32.9 Å². The monoisotopic (exact) mass is 404 g/mol. The third-order valence-corrected chi connectivity index (χ3v) is 5.71. The number of rotatable bonds is 6. The molecule has 3 aromatic rings. The highest BCUT2D eigenvalue weighted by atomic mass is 16.5. The molecule has 2 aromatic carbocycles. The van der Waals surface area contributed by atoms with Gasteiger partial charge in [-0.05, 0) is 38.4 Å². The Hall–Kier alpha value is -2.99. The number of likely N-dealkylation sites (tertiary alicyclic amines) is 1. The Kier molecular flexibility index (Phi) is 6.23. The quantitative estimate of drug-likeness (QED) is 0.623. The minimum Gasteiger partial charge on any atom is -0.337 e. The van der Waals surface area contributed by atoms with E-state index in [1.165, 1.54) is 11.1 Å². The molecule has 1 fully saturated rings. The van der Waals surface area contributed by atoms with Crippen LogP contribution in [0.2, 0.25) is 0 Å². The number of carbonyl (C=O) groups is 1. The van der Waals surface area contributed by atoms with Crippen molar-refractivity contribution >= 4 is 5.91 Å². The summed E-state index contributed by atoms with van der Waals surface area (Å²) in [6, 6.07) is 18.5. The number of piperidine rings is 1. The number of amides is 1. The molecule has 4 rings (SSSR count). The Morgan fingerprint density at radius 1 is 1.10 bits per heavy atom. The molecule has 2 heterocycles. The molecule has 156 valence electrons. The van der Waals surface area contributed by atoms with E-state index in [0.717, 1.165) is 38.0 Å². The van der Waals surface area contributed by atoms with Gasteiger partial charge in [-0.3, -0.25) is 9.69 Å². The highest BCUT2D eigenvalue weighted by molar-refractivity contribution is 5.78. The Labute approximate surface area is 177 Å². The lowest BCUT2D eigenvalue weighted by molar-refractivity contribution is -0.136. The molecule has 0 saturated carbocycles. The summed E-state index contributed by atoms with van der Waals surface area (Å²) in [6.45, 7) is 5.20. The van der Waals surface area contributed by atoms with Gasteiger partial charge in [0.25, 0.3) is 0 Å². The Morgan fingerprint density at radius 2 is 1.80 bits per heavy atom. The van der Waals surface area contributed by atoms with E-state index in [-0.39, 0.29) is 11.8 Å². The standard InChI is InChI=1S/C24H28N4O2/c1-18-8-10-20(11-9-18)23-25-22(30-26-23)17-27(2)24(29)21-12-14-28(15-13-21)16-19-6-4-3-5-7-19/h3-11,21H,12-17H2,1-2H3. The predicted molar refractivity (Wildman–Crippen MR) is 115 cm³/mol. The first-order valence-electron chi connectivity index (χ1n) is 10.5. The molecule has 0 N–H and O–H groups in total. The summed E-state index contributed by atoms with van der Waals surface area (Å²) in [5, 5.41) is 4.06. The van der Waals surface area contributed by atoms with Crippen LogP contribution in [0.5, 0.6) is 0 Å². The Balaban J connectivity index is 1.29. The zero-order chi connectivity index (χ0) is 20.9. The van der Waals surface area contributed by atoms with Crippen LogP contribution in [0.25, 0.3) is 11.4 Å². The van der Waals surface area contributed by atoms with Crippen molar-refractivity contribution in [2.24, 2.45) is 5.92 Å². The van der Waals surface area contributed by atoms with Crippen LogP contribution < -0.4 is 0 Å². The summed E-state index contributed by atoms with van der Waals surface area (Å²) in [5.74, 6) is 1.23. The maximum absolute atomic E-state index is 12.9. The lowest BCUT2D eigenvalue weighted by atomic mass is 9.95. The van der Waals surface area contributed by atoms with Crippen LogP contribution >= 0.6 is 0 Å². The van der Waals surface area contributed by atoms with E-state index in [0.29, 0.717) is 18.3 Å². The first-order chi connectivity index (χ1) is 14.6. The fraction of sp³-hybridized carbons (Fsp3) is 0.375. The second-order valence-corrected chi connectivity index (χ2v) is 8.11. The van der Waals surface area contributed by atoms with Gasteiger partial charge in [-0.2, -0.15) is 4.98 Å². The molecule has 1 saturated heterocycles. The molecule has 0 aliphatic carbocycles. The third kappa shape index (κ3) is 4.94. The average molecular weight is 405 g/mol. The molecule has 1 aliphatic heterocycles. The topological polar surface area (TPSA) is 62.5 Å². The summed E-state index contributed by atoms with van der Waals surface area (Å²) in [4.78, 5) is 21.5. The molecular formula is C24H28N4O2. The molecule has 1 aliphatic rings. The SMILES string of the molecule is Cc1ccc(-c2noc(CN(C)C(=O)C3CCN(Cc4ccccc4)CC3)n2)cc1. The summed E-state index contributed by atoms with van der Waals surface area (Å²) in [5.41, 5.74) is 3.41. The van der Waals surface area contributed by atoms with E-state index < -0.39 is 0 Å². The van der Waals surface area contributed by atoms with Crippen molar-refractivity contribution in [3.05, 3.63) is 71.6 Å². The highest BCUT2D eigenvalue weighted by Crippen LogP contribution is 2.22. The van der Waals surface area contributed by atoms with Gasteiger partial charge in [0, 0.05) is 25.1 Å². The second-order valence-electron chi connectivity index (χ2n) is 8.11. The van der Waals surface area contributed by atoms with E-state index in [4.69, 9.17) is 4.52 Å². The van der Waals surface area contributed by atoms with Gasteiger partial charge in [-0.25, -0.2) is 0 Å². The molecule has 0 atom stereocenters. The highest BCUT2D eigenvalue weighted by Gasteiger charge is 2.28. The van der Waals surface area contributed by atoms with E-state index in [1.54, 1.807) is 4.90 Å². The van der Waals surface area contributed by atoms with Gasteiger partial charge in [0.05, 0.1) is 6.54 Å². The van der Waals surface area contributed by atoms with Crippen LogP contribution in [0.3, 0.4) is 0 Å². The molecule has 1 amide bonds. The van der Waals surface area contributed by atoms with E-state index >= 15 is 0 Å². The third-order valence-electron chi connectivity index (χ3n) is 5.71. The summed E-state index contributed by atoms with van der Waals surface area (Å²) in [6.07, 6.45) is 1.77. The molecule has 6 heteroatoms. The van der Waals surface area contributed by atoms with E-state index in [2.05, 4.69) is 39.3 Å². The lowest BCUT2D eigenvalue weighted by Crippen LogP contribution is -2.40. The zero-order valence-electron chi connectivity index (χ0n) is 17.6. The number of hydrogen-bond donors (Lipinski definition) is 0. The molecular weight excluding hydrogens is 376 g/mol. The number of carbonyl (C=O) groups excluding carboxylic acids is 1. The van der Waals surface area contributed by atoms with E-state index in [1.807, 2.05) is 44.3 Å². The molecule has 0 unspecified atom stereocenters. The van der Waals surface area contributed by atoms with Crippen LogP contribution in [-0.2, 0) is 17.9 Å². The van der Waals surface area contributed by atoms with Crippen molar-refractivity contribution in [1.29, 1.82) is 0 Å².